The fraction of sp³-hybridized carbons (Fsp3) is 0.417. The lowest BCUT2D eigenvalue weighted by Gasteiger charge is -2.05. The summed E-state index contributed by atoms with van der Waals surface area (Å²) < 4.78 is 1.72. The number of halogens is 1. The number of pyridine rings is 1. The molecule has 0 aliphatic carbocycles. The summed E-state index contributed by atoms with van der Waals surface area (Å²) in [7, 11) is 0. The zero-order chi connectivity index (χ0) is 13.7. The van der Waals surface area contributed by atoms with E-state index in [4.69, 9.17) is 16.7 Å². The summed E-state index contributed by atoms with van der Waals surface area (Å²) in [6.07, 6.45) is 4.22. The van der Waals surface area contributed by atoms with Crippen molar-refractivity contribution >= 4 is 17.3 Å². The van der Waals surface area contributed by atoms with E-state index in [9.17, 15) is 0 Å². The van der Waals surface area contributed by atoms with E-state index in [1.807, 2.05) is 19.2 Å². The van der Waals surface area contributed by atoms with Crippen molar-refractivity contribution in [1.29, 1.82) is 0 Å². The monoisotopic (exact) mass is 281 g/mol. The summed E-state index contributed by atoms with van der Waals surface area (Å²) in [6, 6.07) is 1.94. The van der Waals surface area contributed by atoms with E-state index in [2.05, 4.69) is 20.6 Å². The fourth-order valence-corrected chi connectivity index (χ4v) is 1.71. The van der Waals surface area contributed by atoms with Crippen molar-refractivity contribution in [2.45, 2.75) is 26.4 Å². The smallest absolute Gasteiger partial charge is 0.132 e. The quantitative estimate of drug-likeness (QED) is 0.787. The van der Waals surface area contributed by atoms with Crippen LogP contribution in [-0.2, 0) is 13.1 Å². The first-order valence-corrected chi connectivity index (χ1v) is 6.42. The molecule has 0 atom stereocenters. The third kappa shape index (κ3) is 3.90. The predicted molar refractivity (Wildman–Crippen MR) is 73.0 cm³/mol. The second-order valence-corrected chi connectivity index (χ2v) is 4.59. The molecular weight excluding hydrogens is 266 g/mol. The number of anilines is 1. The van der Waals surface area contributed by atoms with Gasteiger partial charge in [0, 0.05) is 13.2 Å². The van der Waals surface area contributed by atoms with E-state index in [0.717, 1.165) is 16.9 Å². The Labute approximate surface area is 116 Å². The van der Waals surface area contributed by atoms with E-state index < -0.39 is 0 Å². The molecule has 19 heavy (non-hydrogen) atoms. The zero-order valence-electron chi connectivity index (χ0n) is 10.7. The van der Waals surface area contributed by atoms with E-state index in [1.54, 1.807) is 10.9 Å². The van der Waals surface area contributed by atoms with Gasteiger partial charge in [-0.05, 0) is 25.0 Å². The molecule has 7 heteroatoms. The summed E-state index contributed by atoms with van der Waals surface area (Å²) in [5.74, 6) is 0. The number of hydrogen-bond acceptors (Lipinski definition) is 5. The highest BCUT2D eigenvalue weighted by Crippen LogP contribution is 2.16. The minimum Gasteiger partial charge on any atom is -0.396 e. The summed E-state index contributed by atoms with van der Waals surface area (Å²) in [6.45, 7) is 3.31. The van der Waals surface area contributed by atoms with Gasteiger partial charge in [-0.2, -0.15) is 0 Å². The predicted octanol–water partition coefficient (Wildman–Crippen LogP) is 1.63. The number of aliphatic hydroxyl groups excluding tert-OH is 1. The largest absolute Gasteiger partial charge is 0.396 e. The lowest BCUT2D eigenvalue weighted by Crippen LogP contribution is -2.01. The molecule has 0 aliphatic heterocycles. The molecule has 0 aliphatic rings. The van der Waals surface area contributed by atoms with Gasteiger partial charge < -0.3 is 10.4 Å². The molecule has 2 heterocycles. The molecule has 6 nitrogen and oxygen atoms in total. The van der Waals surface area contributed by atoms with Crippen molar-refractivity contribution in [3.05, 3.63) is 34.9 Å². The third-order valence-corrected chi connectivity index (χ3v) is 3.02. The second-order valence-electron chi connectivity index (χ2n) is 4.24. The lowest BCUT2D eigenvalue weighted by atomic mass is 10.3. The van der Waals surface area contributed by atoms with Crippen molar-refractivity contribution in [3.63, 3.8) is 0 Å². The molecule has 102 valence electrons. The van der Waals surface area contributed by atoms with Crippen molar-refractivity contribution in [2.24, 2.45) is 0 Å². The first kappa shape index (κ1) is 13.8. The molecule has 0 unspecified atom stereocenters. The lowest BCUT2D eigenvalue weighted by molar-refractivity contribution is 0.276. The van der Waals surface area contributed by atoms with Crippen LogP contribution in [0.25, 0.3) is 0 Å². The second kappa shape index (κ2) is 6.49. The van der Waals surface area contributed by atoms with Gasteiger partial charge >= 0.3 is 0 Å². The van der Waals surface area contributed by atoms with Gasteiger partial charge in [0.2, 0.25) is 0 Å². The van der Waals surface area contributed by atoms with Gasteiger partial charge in [-0.1, -0.05) is 16.8 Å². The van der Waals surface area contributed by atoms with Crippen LogP contribution < -0.4 is 5.32 Å². The number of aliphatic hydroxyl groups is 1. The Kier molecular flexibility index (Phi) is 4.70. The van der Waals surface area contributed by atoms with Gasteiger partial charge in [0.05, 0.1) is 24.6 Å². The Morgan fingerprint density at radius 3 is 3.05 bits per heavy atom. The molecule has 2 aromatic rings. The van der Waals surface area contributed by atoms with Gasteiger partial charge in [0.15, 0.2) is 0 Å². The maximum Gasteiger partial charge on any atom is 0.132 e. The number of rotatable bonds is 6. The third-order valence-electron chi connectivity index (χ3n) is 2.62. The summed E-state index contributed by atoms with van der Waals surface area (Å²) in [5.41, 5.74) is 2.66. The summed E-state index contributed by atoms with van der Waals surface area (Å²) in [5, 5.41) is 20.5. The van der Waals surface area contributed by atoms with Crippen LogP contribution in [0.1, 0.15) is 17.7 Å². The van der Waals surface area contributed by atoms with Crippen LogP contribution in [0.15, 0.2) is 18.5 Å². The summed E-state index contributed by atoms with van der Waals surface area (Å²) >= 11 is 5.86. The average Bonchev–Trinajstić information content (AvgIpc) is 2.86. The van der Waals surface area contributed by atoms with Gasteiger partial charge in [-0.25, -0.2) is 4.98 Å². The molecule has 0 radical (unpaired) electrons. The number of nitrogens with zero attached hydrogens (tertiary/aromatic N) is 4. The van der Waals surface area contributed by atoms with Crippen LogP contribution in [-0.4, -0.2) is 31.7 Å². The average molecular weight is 282 g/mol. The highest BCUT2D eigenvalue weighted by molar-refractivity contribution is 6.30. The van der Waals surface area contributed by atoms with Gasteiger partial charge in [0.25, 0.3) is 0 Å². The fourth-order valence-electron chi connectivity index (χ4n) is 1.61. The Bertz CT molecular complexity index is 543. The molecule has 0 aromatic carbocycles. The van der Waals surface area contributed by atoms with Crippen molar-refractivity contribution in [3.8, 4) is 0 Å². The van der Waals surface area contributed by atoms with Crippen molar-refractivity contribution < 1.29 is 5.11 Å². The van der Waals surface area contributed by atoms with Crippen molar-refractivity contribution in [2.75, 3.05) is 11.9 Å². The molecule has 2 aromatic heterocycles. The van der Waals surface area contributed by atoms with Crippen LogP contribution in [0.4, 0.5) is 5.69 Å². The van der Waals surface area contributed by atoms with Crippen LogP contribution in [0.5, 0.6) is 0 Å². The van der Waals surface area contributed by atoms with Gasteiger partial charge in [0.1, 0.15) is 10.8 Å². The number of aryl methyl sites for hydroxylation is 2. The molecule has 0 saturated carbocycles. The number of aromatic nitrogens is 4. The van der Waals surface area contributed by atoms with E-state index in [0.29, 0.717) is 24.7 Å². The Hall–Kier alpha value is -1.66. The molecular formula is C12H16ClN5O. The van der Waals surface area contributed by atoms with Crippen LogP contribution in [0.3, 0.4) is 0 Å². The standard InChI is InChI=1S/C12H16ClN5O/c1-9-5-10(6-15-12(9)13)14-7-11-8-18(17-16-11)3-2-4-19/h5-6,8,14,19H,2-4,7H2,1H3. The minimum absolute atomic E-state index is 0.156. The molecule has 0 fully saturated rings. The Morgan fingerprint density at radius 1 is 1.47 bits per heavy atom. The van der Waals surface area contributed by atoms with Crippen LogP contribution in [0.2, 0.25) is 5.15 Å². The van der Waals surface area contributed by atoms with E-state index >= 15 is 0 Å². The molecule has 0 bridgehead atoms. The highest BCUT2D eigenvalue weighted by Gasteiger charge is 2.02. The number of hydrogen-bond donors (Lipinski definition) is 2. The highest BCUT2D eigenvalue weighted by atomic mass is 35.5. The first-order chi connectivity index (χ1) is 9.19. The SMILES string of the molecule is Cc1cc(NCc2cn(CCCO)nn2)cnc1Cl. The zero-order valence-corrected chi connectivity index (χ0v) is 11.4. The maximum absolute atomic E-state index is 8.74. The van der Waals surface area contributed by atoms with Gasteiger partial charge in [-0.3, -0.25) is 4.68 Å². The van der Waals surface area contributed by atoms with E-state index in [1.165, 1.54) is 0 Å². The summed E-state index contributed by atoms with van der Waals surface area (Å²) in [4.78, 5) is 4.07. The number of nitrogens with one attached hydrogen (secondary N) is 1. The van der Waals surface area contributed by atoms with Crippen LogP contribution in [0, 0.1) is 6.92 Å². The van der Waals surface area contributed by atoms with Crippen molar-refractivity contribution in [1.82, 2.24) is 20.0 Å². The molecule has 0 saturated heterocycles. The minimum atomic E-state index is 0.156. The molecule has 0 spiro atoms. The molecule has 2 rings (SSSR count). The molecule has 2 N–H and O–H groups in total. The van der Waals surface area contributed by atoms with E-state index in [-0.39, 0.29) is 6.61 Å². The van der Waals surface area contributed by atoms with Gasteiger partial charge in [-0.15, -0.1) is 5.10 Å². The topological polar surface area (TPSA) is 75.9 Å². The maximum atomic E-state index is 8.74. The Balaban J connectivity index is 1.91. The normalized spacial score (nSPS) is 10.7. The van der Waals surface area contributed by atoms with Crippen LogP contribution >= 0.6 is 11.6 Å². The first-order valence-electron chi connectivity index (χ1n) is 6.05. The Morgan fingerprint density at radius 2 is 2.32 bits per heavy atom. The molecule has 0 amide bonds.